The first-order valence-corrected chi connectivity index (χ1v) is 6.72. The van der Waals surface area contributed by atoms with Crippen LogP contribution in [0.25, 0.3) is 0 Å². The van der Waals surface area contributed by atoms with Gasteiger partial charge < -0.3 is 15.6 Å². The van der Waals surface area contributed by atoms with Crippen molar-refractivity contribution in [3.8, 4) is 0 Å². The van der Waals surface area contributed by atoms with E-state index in [0.717, 1.165) is 30.0 Å². The van der Waals surface area contributed by atoms with E-state index in [1.165, 1.54) is 0 Å². The highest BCUT2D eigenvalue weighted by atomic mass is 16.1. The quantitative estimate of drug-likeness (QED) is 0.898. The van der Waals surface area contributed by atoms with Gasteiger partial charge in [0.1, 0.15) is 5.69 Å². The summed E-state index contributed by atoms with van der Waals surface area (Å²) in [4.78, 5) is 16.7. The topological polar surface area (TPSA) is 72.9 Å². The molecule has 0 radical (unpaired) electrons. The molecule has 0 aliphatic heterocycles. The normalized spacial score (nSPS) is 10.6. The highest BCUT2D eigenvalue weighted by Crippen LogP contribution is 2.17. The molecule has 5 heteroatoms. The molecule has 0 aliphatic rings. The van der Waals surface area contributed by atoms with Crippen LogP contribution in [0.4, 0.5) is 11.4 Å². The number of aromatic nitrogens is 2. The number of anilines is 2. The Bertz CT molecular complexity index is 631. The molecular weight excluding hydrogens is 252 g/mol. The molecule has 3 N–H and O–H groups in total. The molecule has 5 nitrogen and oxygen atoms in total. The number of nitrogens with zero attached hydrogens (tertiary/aromatic N) is 2. The highest BCUT2D eigenvalue weighted by molar-refractivity contribution is 6.04. The molecule has 0 saturated carbocycles. The third-order valence-corrected chi connectivity index (χ3v) is 3.09. The number of nitrogens with two attached hydrogens (primary N) is 1. The van der Waals surface area contributed by atoms with Gasteiger partial charge in [-0.2, -0.15) is 0 Å². The molecular formula is C15H20N4O. The number of rotatable bonds is 4. The van der Waals surface area contributed by atoms with Crippen LogP contribution in [0.2, 0.25) is 0 Å². The first kappa shape index (κ1) is 14.1. The molecule has 1 amide bonds. The zero-order valence-corrected chi connectivity index (χ0v) is 12.1. The fourth-order valence-corrected chi connectivity index (χ4v) is 2.15. The Labute approximate surface area is 118 Å². The average Bonchev–Trinajstić information content (AvgIpc) is 2.74. The Balaban J connectivity index is 2.23. The maximum atomic E-state index is 12.3. The van der Waals surface area contributed by atoms with Crippen molar-refractivity contribution in [2.24, 2.45) is 0 Å². The molecule has 2 rings (SSSR count). The van der Waals surface area contributed by atoms with Crippen molar-refractivity contribution < 1.29 is 4.79 Å². The lowest BCUT2D eigenvalue weighted by molar-refractivity contribution is 0.101. The monoisotopic (exact) mass is 272 g/mol. The van der Waals surface area contributed by atoms with E-state index >= 15 is 0 Å². The zero-order valence-electron chi connectivity index (χ0n) is 12.1. The molecule has 0 atom stereocenters. The maximum absolute atomic E-state index is 12.3. The Morgan fingerprint density at radius 2 is 2.15 bits per heavy atom. The lowest BCUT2D eigenvalue weighted by Gasteiger charge is -2.10. The molecule has 0 aromatic carbocycles. The van der Waals surface area contributed by atoms with Gasteiger partial charge in [-0.25, -0.2) is 0 Å². The average molecular weight is 272 g/mol. The van der Waals surface area contributed by atoms with Crippen LogP contribution in [-0.2, 0) is 6.54 Å². The molecule has 0 bridgehead atoms. The van der Waals surface area contributed by atoms with Gasteiger partial charge in [-0.1, -0.05) is 6.92 Å². The number of carbonyl (C=O) groups is 1. The maximum Gasteiger partial charge on any atom is 0.272 e. The van der Waals surface area contributed by atoms with Gasteiger partial charge in [0, 0.05) is 18.4 Å². The van der Waals surface area contributed by atoms with Gasteiger partial charge in [-0.3, -0.25) is 9.78 Å². The predicted octanol–water partition coefficient (Wildman–Crippen LogP) is 2.74. The fraction of sp³-hybridized carbons (Fsp3) is 0.333. The van der Waals surface area contributed by atoms with Crippen molar-refractivity contribution >= 4 is 17.3 Å². The SMILES string of the molecule is CCCn1cc(N)cc1C(=O)Nc1ccc(C)nc1C. The molecule has 2 aromatic heterocycles. The number of hydrogen-bond acceptors (Lipinski definition) is 3. The van der Waals surface area contributed by atoms with E-state index in [-0.39, 0.29) is 5.91 Å². The van der Waals surface area contributed by atoms with E-state index in [1.54, 1.807) is 12.3 Å². The van der Waals surface area contributed by atoms with Crippen LogP contribution in [0.5, 0.6) is 0 Å². The number of pyridine rings is 1. The first-order valence-electron chi connectivity index (χ1n) is 6.72. The lowest BCUT2D eigenvalue weighted by Crippen LogP contribution is -2.17. The summed E-state index contributed by atoms with van der Waals surface area (Å²) in [5, 5.41) is 2.89. The minimum absolute atomic E-state index is 0.163. The van der Waals surface area contributed by atoms with Crippen LogP contribution in [0, 0.1) is 13.8 Å². The van der Waals surface area contributed by atoms with Gasteiger partial charge >= 0.3 is 0 Å². The number of nitrogens with one attached hydrogen (secondary N) is 1. The molecule has 0 aliphatic carbocycles. The summed E-state index contributed by atoms with van der Waals surface area (Å²) >= 11 is 0. The number of aryl methyl sites for hydroxylation is 3. The Kier molecular flexibility index (Phi) is 4.08. The standard InChI is InChI=1S/C15H20N4O/c1-4-7-19-9-12(16)8-14(19)15(20)18-13-6-5-10(2)17-11(13)3/h5-6,8-9H,4,7,16H2,1-3H3,(H,18,20). The minimum Gasteiger partial charge on any atom is -0.397 e. The summed E-state index contributed by atoms with van der Waals surface area (Å²) in [6.07, 6.45) is 2.73. The van der Waals surface area contributed by atoms with Crippen molar-refractivity contribution in [3.63, 3.8) is 0 Å². The second-order valence-electron chi connectivity index (χ2n) is 4.89. The third-order valence-electron chi connectivity index (χ3n) is 3.09. The molecule has 0 spiro atoms. The lowest BCUT2D eigenvalue weighted by atomic mass is 10.2. The first-order chi connectivity index (χ1) is 9.51. The third kappa shape index (κ3) is 2.99. The van der Waals surface area contributed by atoms with Crippen molar-refractivity contribution in [2.75, 3.05) is 11.1 Å². The van der Waals surface area contributed by atoms with Gasteiger partial charge in [0.05, 0.1) is 17.1 Å². The molecule has 2 aromatic rings. The zero-order chi connectivity index (χ0) is 14.7. The number of amides is 1. The van der Waals surface area contributed by atoms with Gasteiger partial charge in [0.25, 0.3) is 5.91 Å². The Morgan fingerprint density at radius 3 is 2.80 bits per heavy atom. The van der Waals surface area contributed by atoms with Gasteiger partial charge in [-0.15, -0.1) is 0 Å². The van der Waals surface area contributed by atoms with Crippen molar-refractivity contribution in [2.45, 2.75) is 33.7 Å². The smallest absolute Gasteiger partial charge is 0.272 e. The van der Waals surface area contributed by atoms with Crippen LogP contribution >= 0.6 is 0 Å². The second kappa shape index (κ2) is 5.77. The molecule has 2 heterocycles. The number of nitrogen functional groups attached to an aromatic ring is 1. The fourth-order valence-electron chi connectivity index (χ4n) is 2.15. The van der Waals surface area contributed by atoms with Crippen molar-refractivity contribution in [1.29, 1.82) is 0 Å². The van der Waals surface area contributed by atoms with Gasteiger partial charge in [0.2, 0.25) is 0 Å². The van der Waals surface area contributed by atoms with E-state index in [4.69, 9.17) is 5.73 Å². The van der Waals surface area contributed by atoms with Crippen LogP contribution in [0.1, 0.15) is 35.2 Å². The summed E-state index contributed by atoms with van der Waals surface area (Å²) in [6.45, 7) is 6.63. The van der Waals surface area contributed by atoms with Crippen LogP contribution in [0.15, 0.2) is 24.4 Å². The minimum atomic E-state index is -0.163. The summed E-state index contributed by atoms with van der Waals surface area (Å²) in [6, 6.07) is 5.44. The molecule has 0 fully saturated rings. The van der Waals surface area contributed by atoms with E-state index in [2.05, 4.69) is 17.2 Å². The molecule has 0 saturated heterocycles. The summed E-state index contributed by atoms with van der Waals surface area (Å²) < 4.78 is 1.88. The number of carbonyl (C=O) groups excluding carboxylic acids is 1. The van der Waals surface area contributed by atoms with Crippen LogP contribution < -0.4 is 11.1 Å². The van der Waals surface area contributed by atoms with Crippen molar-refractivity contribution in [3.05, 3.63) is 41.5 Å². The summed E-state index contributed by atoms with van der Waals surface area (Å²) in [5.74, 6) is -0.163. The van der Waals surface area contributed by atoms with E-state index < -0.39 is 0 Å². The largest absolute Gasteiger partial charge is 0.397 e. The van der Waals surface area contributed by atoms with E-state index in [1.807, 2.05) is 30.5 Å². The summed E-state index contributed by atoms with van der Waals surface area (Å²) in [5.41, 5.74) is 9.41. The van der Waals surface area contributed by atoms with Gasteiger partial charge in [0.15, 0.2) is 0 Å². The molecule has 106 valence electrons. The Hall–Kier alpha value is -2.30. The van der Waals surface area contributed by atoms with Crippen LogP contribution in [0.3, 0.4) is 0 Å². The Morgan fingerprint density at radius 1 is 1.40 bits per heavy atom. The second-order valence-corrected chi connectivity index (χ2v) is 4.89. The van der Waals surface area contributed by atoms with Gasteiger partial charge in [-0.05, 0) is 38.5 Å². The molecule has 0 unspecified atom stereocenters. The van der Waals surface area contributed by atoms with Crippen molar-refractivity contribution in [1.82, 2.24) is 9.55 Å². The van der Waals surface area contributed by atoms with E-state index in [0.29, 0.717) is 11.4 Å². The predicted molar refractivity (Wildman–Crippen MR) is 80.8 cm³/mol. The number of hydrogen-bond donors (Lipinski definition) is 2. The summed E-state index contributed by atoms with van der Waals surface area (Å²) in [7, 11) is 0. The van der Waals surface area contributed by atoms with E-state index in [9.17, 15) is 4.79 Å². The molecule has 20 heavy (non-hydrogen) atoms. The highest BCUT2D eigenvalue weighted by Gasteiger charge is 2.14. The van der Waals surface area contributed by atoms with Crippen LogP contribution in [-0.4, -0.2) is 15.5 Å².